The summed E-state index contributed by atoms with van der Waals surface area (Å²) in [6.45, 7) is 4.01. The second-order valence-electron chi connectivity index (χ2n) is 2.21. The molecule has 0 fully saturated rings. The number of hydrogen-bond acceptors (Lipinski definition) is 2. The molecule has 1 aromatic carbocycles. The van der Waals surface area contributed by atoms with Crippen molar-refractivity contribution in [1.82, 2.24) is 0 Å². The quantitative estimate of drug-likeness (QED) is 0.685. The van der Waals surface area contributed by atoms with E-state index in [1.165, 1.54) is 0 Å². The van der Waals surface area contributed by atoms with Crippen LogP contribution < -0.4 is 0 Å². The van der Waals surface area contributed by atoms with Crippen LogP contribution in [0, 0.1) is 0 Å². The minimum absolute atomic E-state index is 0.581. The molecule has 0 heterocycles. The lowest BCUT2D eigenvalue weighted by molar-refractivity contribution is -0.0800. The van der Waals surface area contributed by atoms with Gasteiger partial charge < -0.3 is 9.84 Å². The molecule has 0 radical (unpaired) electrons. The Morgan fingerprint density at radius 1 is 1.08 bits per heavy atom. The summed E-state index contributed by atoms with van der Waals surface area (Å²) in [4.78, 5) is 0. The van der Waals surface area contributed by atoms with Crippen molar-refractivity contribution in [2.24, 2.45) is 0 Å². The Labute approximate surface area is 73.8 Å². The Kier molecular flexibility index (Phi) is 7.65. The minimum Gasteiger partial charge on any atom is -0.368 e. The van der Waals surface area contributed by atoms with E-state index in [1.807, 2.05) is 43.3 Å². The van der Waals surface area contributed by atoms with E-state index in [9.17, 15) is 0 Å². The lowest BCUT2D eigenvalue weighted by atomic mass is 10.4. The largest absolute Gasteiger partial charge is 0.368 e. The highest BCUT2D eigenvalue weighted by atomic mass is 16.6. The van der Waals surface area contributed by atoms with Gasteiger partial charge >= 0.3 is 0 Å². The van der Waals surface area contributed by atoms with Gasteiger partial charge in [0, 0.05) is 6.61 Å². The van der Waals surface area contributed by atoms with E-state index >= 15 is 0 Å². The van der Waals surface area contributed by atoms with Crippen molar-refractivity contribution < 1.29 is 9.84 Å². The molecule has 2 nitrogen and oxygen atoms in total. The Bertz CT molecular complexity index is 134. The monoisotopic (exact) mass is 168 g/mol. The predicted molar refractivity (Wildman–Crippen MR) is 49.7 cm³/mol. The third-order valence-electron chi connectivity index (χ3n) is 1.07. The minimum atomic E-state index is -0.602. The van der Waals surface area contributed by atoms with Crippen LogP contribution in [0.2, 0.25) is 0 Å². The SMILES string of the molecule is CCOC(C)O.c1ccccc1. The van der Waals surface area contributed by atoms with Crippen LogP contribution >= 0.6 is 0 Å². The molecule has 1 rings (SSSR count). The molecule has 0 aliphatic carbocycles. The molecule has 1 atom stereocenters. The summed E-state index contributed by atoms with van der Waals surface area (Å²) in [5, 5.41) is 8.33. The summed E-state index contributed by atoms with van der Waals surface area (Å²) in [7, 11) is 0. The van der Waals surface area contributed by atoms with Gasteiger partial charge in [-0.15, -0.1) is 0 Å². The van der Waals surface area contributed by atoms with Gasteiger partial charge in [-0.1, -0.05) is 36.4 Å². The summed E-state index contributed by atoms with van der Waals surface area (Å²) in [6, 6.07) is 12.0. The maximum absolute atomic E-state index is 8.33. The van der Waals surface area contributed by atoms with Crippen molar-refractivity contribution in [3.63, 3.8) is 0 Å². The molecular weight excluding hydrogens is 152 g/mol. The van der Waals surface area contributed by atoms with Crippen molar-refractivity contribution in [3.8, 4) is 0 Å². The Morgan fingerprint density at radius 2 is 1.42 bits per heavy atom. The molecule has 0 spiro atoms. The summed E-state index contributed by atoms with van der Waals surface area (Å²) < 4.78 is 4.60. The van der Waals surface area contributed by atoms with Gasteiger partial charge in [-0.05, 0) is 13.8 Å². The first kappa shape index (κ1) is 11.1. The second-order valence-corrected chi connectivity index (χ2v) is 2.21. The normalized spacial score (nSPS) is 11.2. The van der Waals surface area contributed by atoms with E-state index in [2.05, 4.69) is 4.74 Å². The number of aliphatic hydroxyl groups is 1. The second kappa shape index (κ2) is 8.24. The number of benzene rings is 1. The fourth-order valence-electron chi connectivity index (χ4n) is 0.626. The summed E-state index contributed by atoms with van der Waals surface area (Å²) in [5.41, 5.74) is 0. The third-order valence-corrected chi connectivity index (χ3v) is 1.07. The van der Waals surface area contributed by atoms with Crippen molar-refractivity contribution in [1.29, 1.82) is 0 Å². The number of rotatable bonds is 2. The first-order valence-electron chi connectivity index (χ1n) is 4.07. The van der Waals surface area contributed by atoms with Gasteiger partial charge in [0.25, 0.3) is 0 Å². The van der Waals surface area contributed by atoms with Crippen LogP contribution in [0.1, 0.15) is 13.8 Å². The maximum atomic E-state index is 8.33. The Balaban J connectivity index is 0.000000202. The molecule has 0 bridgehead atoms. The van der Waals surface area contributed by atoms with Crippen LogP contribution in [0.25, 0.3) is 0 Å². The van der Waals surface area contributed by atoms with Crippen molar-refractivity contribution in [3.05, 3.63) is 36.4 Å². The van der Waals surface area contributed by atoms with E-state index in [0.29, 0.717) is 6.61 Å². The molecule has 0 saturated heterocycles. The van der Waals surface area contributed by atoms with Gasteiger partial charge in [0.1, 0.15) is 0 Å². The highest BCUT2D eigenvalue weighted by Crippen LogP contribution is 1.80. The van der Waals surface area contributed by atoms with E-state index in [0.717, 1.165) is 0 Å². The van der Waals surface area contributed by atoms with E-state index < -0.39 is 6.29 Å². The predicted octanol–water partition coefficient (Wildman–Crippen LogP) is 2.05. The molecule has 0 saturated carbocycles. The van der Waals surface area contributed by atoms with Crippen molar-refractivity contribution in [2.45, 2.75) is 20.1 Å². The first-order chi connectivity index (χ1) is 5.77. The van der Waals surface area contributed by atoms with Crippen LogP contribution in [0.5, 0.6) is 0 Å². The average Bonchev–Trinajstić information content (AvgIpc) is 2.08. The molecule has 0 aromatic heterocycles. The van der Waals surface area contributed by atoms with Gasteiger partial charge in [-0.3, -0.25) is 0 Å². The van der Waals surface area contributed by atoms with Gasteiger partial charge in [0.2, 0.25) is 0 Å². The smallest absolute Gasteiger partial charge is 0.151 e. The highest BCUT2D eigenvalue weighted by Gasteiger charge is 1.85. The van der Waals surface area contributed by atoms with E-state index in [1.54, 1.807) is 6.92 Å². The molecule has 0 aliphatic heterocycles. The van der Waals surface area contributed by atoms with Gasteiger partial charge in [-0.25, -0.2) is 0 Å². The fourth-order valence-corrected chi connectivity index (χ4v) is 0.626. The molecular formula is C10H16O2. The Hall–Kier alpha value is -0.860. The average molecular weight is 168 g/mol. The lowest BCUT2D eigenvalue weighted by Crippen LogP contribution is -2.04. The molecule has 12 heavy (non-hydrogen) atoms. The highest BCUT2D eigenvalue weighted by molar-refractivity contribution is 4.99. The van der Waals surface area contributed by atoms with E-state index in [-0.39, 0.29) is 0 Å². The van der Waals surface area contributed by atoms with Crippen LogP contribution in [0.3, 0.4) is 0 Å². The van der Waals surface area contributed by atoms with Crippen LogP contribution in [-0.2, 0) is 4.74 Å². The van der Waals surface area contributed by atoms with Gasteiger partial charge in [0.05, 0.1) is 0 Å². The molecule has 68 valence electrons. The standard InChI is InChI=1S/C6H6.C4H10O2/c1-2-4-6-5-3-1;1-3-6-4(2)5/h1-6H;4-5H,3H2,1-2H3. The molecule has 2 heteroatoms. The van der Waals surface area contributed by atoms with Crippen LogP contribution in [-0.4, -0.2) is 18.0 Å². The summed E-state index contributed by atoms with van der Waals surface area (Å²) in [5.74, 6) is 0. The van der Waals surface area contributed by atoms with Crippen molar-refractivity contribution >= 4 is 0 Å². The topological polar surface area (TPSA) is 29.5 Å². The fraction of sp³-hybridized carbons (Fsp3) is 0.400. The van der Waals surface area contributed by atoms with Crippen LogP contribution in [0.4, 0.5) is 0 Å². The zero-order valence-electron chi connectivity index (χ0n) is 7.60. The zero-order valence-corrected chi connectivity index (χ0v) is 7.60. The van der Waals surface area contributed by atoms with Gasteiger partial charge in [0.15, 0.2) is 6.29 Å². The maximum Gasteiger partial charge on any atom is 0.151 e. The van der Waals surface area contributed by atoms with E-state index in [4.69, 9.17) is 5.11 Å². The number of ether oxygens (including phenoxy) is 1. The summed E-state index contributed by atoms with van der Waals surface area (Å²) in [6.07, 6.45) is -0.602. The molecule has 0 aliphatic rings. The Morgan fingerprint density at radius 3 is 1.50 bits per heavy atom. The molecule has 0 amide bonds. The number of aliphatic hydroxyl groups excluding tert-OH is 1. The molecule has 1 unspecified atom stereocenters. The van der Waals surface area contributed by atoms with Gasteiger partial charge in [-0.2, -0.15) is 0 Å². The third kappa shape index (κ3) is 9.14. The number of hydrogen-bond donors (Lipinski definition) is 1. The molecule has 1 aromatic rings. The molecule has 1 N–H and O–H groups in total. The van der Waals surface area contributed by atoms with Crippen molar-refractivity contribution in [2.75, 3.05) is 6.61 Å². The van der Waals surface area contributed by atoms with Crippen LogP contribution in [0.15, 0.2) is 36.4 Å². The lowest BCUT2D eigenvalue weighted by Gasteiger charge is -1.99. The summed E-state index contributed by atoms with van der Waals surface area (Å²) >= 11 is 0. The zero-order chi connectivity index (χ0) is 9.23. The first-order valence-corrected chi connectivity index (χ1v) is 4.07.